The average molecular weight is 277 g/mol. The summed E-state index contributed by atoms with van der Waals surface area (Å²) in [6.45, 7) is 1.54. The Hall–Kier alpha value is -2.03. The zero-order chi connectivity index (χ0) is 14.4. The van der Waals surface area contributed by atoms with Crippen LogP contribution in [-0.2, 0) is 0 Å². The fourth-order valence-corrected chi connectivity index (χ4v) is 2.50. The molecule has 0 fully saturated rings. The Morgan fingerprint density at radius 2 is 2.05 bits per heavy atom. The topological polar surface area (TPSA) is 130 Å². The van der Waals surface area contributed by atoms with Gasteiger partial charge >= 0.3 is 0 Å². The molecule has 5 N–H and O–H groups in total. The van der Waals surface area contributed by atoms with Crippen LogP contribution in [0.2, 0.25) is 0 Å². The summed E-state index contributed by atoms with van der Waals surface area (Å²) >= 11 is 0. The van der Waals surface area contributed by atoms with E-state index in [1.54, 1.807) is 10.6 Å². The molecule has 2 heterocycles. The highest BCUT2D eigenvalue weighted by molar-refractivity contribution is 5.81. The van der Waals surface area contributed by atoms with E-state index in [4.69, 9.17) is 5.73 Å². The van der Waals surface area contributed by atoms with Gasteiger partial charge in [-0.15, -0.1) is 0 Å². The van der Waals surface area contributed by atoms with Gasteiger partial charge in [0.15, 0.2) is 11.5 Å². The van der Waals surface area contributed by atoms with Gasteiger partial charge in [0.05, 0.1) is 18.5 Å². The number of rotatable bonds is 2. The van der Waals surface area contributed by atoms with Crippen LogP contribution in [0.25, 0.3) is 11.2 Å². The van der Waals surface area contributed by atoms with Crippen molar-refractivity contribution in [3.05, 3.63) is 24.3 Å². The van der Waals surface area contributed by atoms with Gasteiger partial charge in [0.25, 0.3) is 0 Å². The zero-order valence-corrected chi connectivity index (χ0v) is 10.7. The van der Waals surface area contributed by atoms with E-state index in [1.165, 1.54) is 19.6 Å². The second kappa shape index (κ2) is 4.51. The number of hydrogen-bond donors (Lipinski definition) is 4. The van der Waals surface area contributed by atoms with Gasteiger partial charge in [-0.05, 0) is 12.5 Å². The van der Waals surface area contributed by atoms with Crippen LogP contribution in [0.1, 0.15) is 13.0 Å². The molecule has 106 valence electrons. The van der Waals surface area contributed by atoms with Gasteiger partial charge in [0.2, 0.25) is 0 Å². The molecular weight excluding hydrogens is 262 g/mol. The number of hydrogen-bond acceptors (Lipinski definition) is 7. The van der Waals surface area contributed by atoms with Crippen molar-refractivity contribution in [2.45, 2.75) is 31.3 Å². The van der Waals surface area contributed by atoms with Crippen molar-refractivity contribution in [2.75, 3.05) is 5.73 Å². The minimum Gasteiger partial charge on any atom is -0.389 e. The Labute approximate surface area is 114 Å². The Morgan fingerprint density at radius 3 is 2.70 bits per heavy atom. The van der Waals surface area contributed by atoms with Crippen LogP contribution < -0.4 is 5.73 Å². The number of nitrogens with zero attached hydrogens (tertiary/aromatic N) is 4. The first-order valence-electron chi connectivity index (χ1n) is 6.19. The standard InChI is InChI=1S/C12H15N5O3/c1-5(18)6-2-7(10(20)9(6)19)17-4-16-8-11(13)14-3-15-12(8)17/h2-5,7,9-10,18-20H,1H3,(H2,13,14,15)/t5-,7-,9-,10?/m1/s1. The van der Waals surface area contributed by atoms with E-state index in [1.807, 2.05) is 0 Å². The van der Waals surface area contributed by atoms with Crippen molar-refractivity contribution >= 4 is 17.0 Å². The molecule has 20 heavy (non-hydrogen) atoms. The molecule has 0 saturated heterocycles. The third kappa shape index (κ3) is 1.77. The molecular formula is C12H15N5O3. The molecule has 2 aromatic rings. The maximum atomic E-state index is 10.1. The molecule has 0 aliphatic heterocycles. The quantitative estimate of drug-likeness (QED) is 0.517. The lowest BCUT2D eigenvalue weighted by molar-refractivity contribution is 0.0237. The molecule has 1 unspecified atom stereocenters. The van der Waals surface area contributed by atoms with E-state index < -0.39 is 24.4 Å². The third-order valence-electron chi connectivity index (χ3n) is 3.57. The Morgan fingerprint density at radius 1 is 1.30 bits per heavy atom. The Bertz CT molecular complexity index is 681. The van der Waals surface area contributed by atoms with E-state index in [9.17, 15) is 15.3 Å². The highest BCUT2D eigenvalue weighted by Gasteiger charge is 2.38. The van der Waals surface area contributed by atoms with Crippen LogP contribution in [0, 0.1) is 0 Å². The summed E-state index contributed by atoms with van der Waals surface area (Å²) in [5.41, 5.74) is 7.00. The first kappa shape index (κ1) is 13.0. The Balaban J connectivity index is 2.10. The van der Waals surface area contributed by atoms with E-state index >= 15 is 0 Å². The van der Waals surface area contributed by atoms with Crippen LogP contribution in [0.4, 0.5) is 5.82 Å². The fourth-order valence-electron chi connectivity index (χ4n) is 2.50. The number of nitrogen functional groups attached to an aromatic ring is 1. The first-order valence-corrected chi connectivity index (χ1v) is 6.19. The summed E-state index contributed by atoms with van der Waals surface area (Å²) in [7, 11) is 0. The Kier molecular flexibility index (Phi) is 2.93. The normalized spacial score (nSPS) is 27.8. The van der Waals surface area contributed by atoms with Gasteiger partial charge in [-0.3, -0.25) is 0 Å². The molecule has 0 radical (unpaired) electrons. The number of aliphatic hydroxyl groups excluding tert-OH is 3. The maximum Gasteiger partial charge on any atom is 0.166 e. The molecule has 0 aromatic carbocycles. The minimum absolute atomic E-state index is 0.251. The molecule has 4 atom stereocenters. The first-order chi connectivity index (χ1) is 9.50. The van der Waals surface area contributed by atoms with Crippen LogP contribution in [-0.4, -0.2) is 53.2 Å². The van der Waals surface area contributed by atoms with Gasteiger partial charge in [0.1, 0.15) is 24.1 Å². The lowest BCUT2D eigenvalue weighted by atomic mass is 10.1. The second-order valence-corrected chi connectivity index (χ2v) is 4.85. The summed E-state index contributed by atoms with van der Waals surface area (Å²) in [4.78, 5) is 12.1. The van der Waals surface area contributed by atoms with Crippen molar-refractivity contribution in [3.8, 4) is 0 Å². The SMILES string of the molecule is C[C@@H](O)C1=C[C@@H](n2cnc3c(N)ncnc32)C(O)[C@@H]1O. The highest BCUT2D eigenvalue weighted by atomic mass is 16.3. The zero-order valence-electron chi connectivity index (χ0n) is 10.7. The summed E-state index contributed by atoms with van der Waals surface area (Å²) in [6.07, 6.45) is 1.40. The number of nitrogens with two attached hydrogens (primary N) is 1. The van der Waals surface area contributed by atoms with Gasteiger partial charge in [-0.1, -0.05) is 6.08 Å². The van der Waals surface area contributed by atoms with Crippen LogP contribution in [0.3, 0.4) is 0 Å². The summed E-state index contributed by atoms with van der Waals surface area (Å²) in [5.74, 6) is 0.251. The van der Waals surface area contributed by atoms with Gasteiger partial charge in [-0.25, -0.2) is 15.0 Å². The van der Waals surface area contributed by atoms with E-state index in [0.29, 0.717) is 16.7 Å². The van der Waals surface area contributed by atoms with E-state index in [0.717, 1.165) is 0 Å². The molecule has 8 nitrogen and oxygen atoms in total. The van der Waals surface area contributed by atoms with E-state index in [-0.39, 0.29) is 5.82 Å². The number of aliphatic hydroxyl groups is 3. The average Bonchev–Trinajstić information content (AvgIpc) is 2.94. The minimum atomic E-state index is -1.11. The molecule has 0 saturated carbocycles. The van der Waals surface area contributed by atoms with Crippen LogP contribution in [0.5, 0.6) is 0 Å². The highest BCUT2D eigenvalue weighted by Crippen LogP contribution is 2.33. The van der Waals surface area contributed by atoms with Crippen molar-refractivity contribution < 1.29 is 15.3 Å². The fraction of sp³-hybridized carbons (Fsp3) is 0.417. The molecule has 8 heteroatoms. The van der Waals surface area contributed by atoms with Crippen LogP contribution in [0.15, 0.2) is 24.3 Å². The monoisotopic (exact) mass is 277 g/mol. The molecule has 0 bridgehead atoms. The molecule has 1 aliphatic carbocycles. The van der Waals surface area contributed by atoms with Crippen molar-refractivity contribution in [3.63, 3.8) is 0 Å². The van der Waals surface area contributed by atoms with Gasteiger partial charge in [0, 0.05) is 0 Å². The third-order valence-corrected chi connectivity index (χ3v) is 3.57. The van der Waals surface area contributed by atoms with Gasteiger partial charge in [-0.2, -0.15) is 0 Å². The summed E-state index contributed by atoms with van der Waals surface area (Å²) in [5, 5.41) is 29.7. The lowest BCUT2D eigenvalue weighted by Crippen LogP contribution is -2.31. The number of imidazole rings is 1. The smallest absolute Gasteiger partial charge is 0.166 e. The predicted octanol–water partition coefficient (Wildman–Crippen LogP) is -1.01. The molecule has 3 rings (SSSR count). The maximum absolute atomic E-state index is 10.1. The van der Waals surface area contributed by atoms with Crippen molar-refractivity contribution in [1.29, 1.82) is 0 Å². The van der Waals surface area contributed by atoms with Crippen molar-refractivity contribution in [2.24, 2.45) is 0 Å². The largest absolute Gasteiger partial charge is 0.389 e. The summed E-state index contributed by atoms with van der Waals surface area (Å²) < 4.78 is 1.61. The molecule has 0 amide bonds. The summed E-state index contributed by atoms with van der Waals surface area (Å²) in [6, 6.07) is -0.561. The lowest BCUT2D eigenvalue weighted by Gasteiger charge is -2.19. The number of fused-ring (bicyclic) bond motifs is 1. The predicted molar refractivity (Wildman–Crippen MR) is 70.5 cm³/mol. The van der Waals surface area contributed by atoms with Crippen LogP contribution >= 0.6 is 0 Å². The molecule has 0 spiro atoms. The van der Waals surface area contributed by atoms with Gasteiger partial charge < -0.3 is 25.6 Å². The second-order valence-electron chi connectivity index (χ2n) is 4.85. The number of anilines is 1. The molecule has 2 aromatic heterocycles. The van der Waals surface area contributed by atoms with E-state index in [2.05, 4.69) is 15.0 Å². The van der Waals surface area contributed by atoms with Crippen molar-refractivity contribution in [1.82, 2.24) is 19.5 Å². The molecule has 1 aliphatic rings. The number of aromatic nitrogens is 4.